The highest BCUT2D eigenvalue weighted by Crippen LogP contribution is 2.24. The zero-order valence-electron chi connectivity index (χ0n) is 18.3. The smallest absolute Gasteiger partial charge is 0.252 e. The number of aryl methyl sites for hydroxylation is 1. The van der Waals surface area contributed by atoms with E-state index in [4.69, 9.17) is 4.74 Å². The molecule has 1 amide bonds. The summed E-state index contributed by atoms with van der Waals surface area (Å²) in [6.07, 6.45) is 1.79. The Morgan fingerprint density at radius 1 is 0.969 bits per heavy atom. The number of carbonyl (C=O) groups is 1. The molecule has 1 heterocycles. The minimum Gasteiger partial charge on any atom is -0.497 e. The number of pyridine rings is 1. The van der Waals surface area contributed by atoms with Gasteiger partial charge in [-0.1, -0.05) is 48.5 Å². The summed E-state index contributed by atoms with van der Waals surface area (Å²) < 4.78 is 5.22. The van der Waals surface area contributed by atoms with Crippen LogP contribution in [0.5, 0.6) is 5.75 Å². The van der Waals surface area contributed by atoms with Crippen LogP contribution in [0.4, 0.5) is 11.5 Å². The number of methoxy groups -OCH3 is 1. The molecule has 0 saturated heterocycles. The van der Waals surface area contributed by atoms with Gasteiger partial charge in [0.1, 0.15) is 11.6 Å². The molecule has 0 radical (unpaired) electrons. The standard InChI is InChI=1S/C27H27N3O2/c1-19(12-13-20-8-4-3-5-9-20)28-27(31)24-18-26(30-25-11-7-6-10-23(24)25)29-21-14-16-22(32-2)17-15-21/h3-11,14-19H,12-13H2,1-2H3,(H,28,31)(H,29,30)/t19-/m1/s1. The number of carbonyl (C=O) groups excluding carboxylic acids is 1. The molecule has 0 aliphatic carbocycles. The maximum absolute atomic E-state index is 13.2. The Kier molecular flexibility index (Phi) is 6.66. The molecule has 0 spiro atoms. The van der Waals surface area contributed by atoms with E-state index in [0.29, 0.717) is 11.4 Å². The number of ether oxygens (including phenoxy) is 1. The Labute approximate surface area is 188 Å². The van der Waals surface area contributed by atoms with Crippen molar-refractivity contribution >= 4 is 28.3 Å². The summed E-state index contributed by atoms with van der Waals surface area (Å²) >= 11 is 0. The summed E-state index contributed by atoms with van der Waals surface area (Å²) in [5.74, 6) is 1.31. The number of nitrogens with one attached hydrogen (secondary N) is 2. The number of aromatic nitrogens is 1. The van der Waals surface area contributed by atoms with Crippen LogP contribution < -0.4 is 15.4 Å². The Bertz CT molecular complexity index is 1190. The molecule has 4 rings (SSSR count). The fourth-order valence-corrected chi connectivity index (χ4v) is 3.65. The number of rotatable bonds is 8. The van der Waals surface area contributed by atoms with Crippen molar-refractivity contribution in [1.82, 2.24) is 10.3 Å². The first-order valence-electron chi connectivity index (χ1n) is 10.8. The van der Waals surface area contributed by atoms with E-state index in [-0.39, 0.29) is 11.9 Å². The average molecular weight is 426 g/mol. The highest BCUT2D eigenvalue weighted by molar-refractivity contribution is 6.07. The molecular weight excluding hydrogens is 398 g/mol. The molecule has 4 aromatic rings. The van der Waals surface area contributed by atoms with E-state index < -0.39 is 0 Å². The maximum Gasteiger partial charge on any atom is 0.252 e. The van der Waals surface area contributed by atoms with Gasteiger partial charge in [0.05, 0.1) is 18.2 Å². The van der Waals surface area contributed by atoms with Gasteiger partial charge < -0.3 is 15.4 Å². The van der Waals surface area contributed by atoms with Crippen molar-refractivity contribution in [3.63, 3.8) is 0 Å². The Balaban J connectivity index is 1.52. The van der Waals surface area contributed by atoms with Gasteiger partial charge in [-0.05, 0) is 61.7 Å². The van der Waals surface area contributed by atoms with Gasteiger partial charge in [0.25, 0.3) is 5.91 Å². The lowest BCUT2D eigenvalue weighted by Gasteiger charge is -2.16. The molecule has 5 nitrogen and oxygen atoms in total. The number of nitrogens with zero attached hydrogens (tertiary/aromatic N) is 1. The van der Waals surface area contributed by atoms with Crippen molar-refractivity contribution in [3.8, 4) is 5.75 Å². The molecule has 0 fully saturated rings. The van der Waals surface area contributed by atoms with E-state index >= 15 is 0 Å². The molecule has 0 aliphatic heterocycles. The van der Waals surface area contributed by atoms with Crippen LogP contribution in [-0.2, 0) is 6.42 Å². The lowest BCUT2D eigenvalue weighted by atomic mass is 10.0. The van der Waals surface area contributed by atoms with Gasteiger partial charge in [0.15, 0.2) is 0 Å². The number of fused-ring (bicyclic) bond motifs is 1. The molecule has 1 atom stereocenters. The van der Waals surface area contributed by atoms with Crippen LogP contribution in [0.1, 0.15) is 29.3 Å². The highest BCUT2D eigenvalue weighted by atomic mass is 16.5. The maximum atomic E-state index is 13.2. The van der Waals surface area contributed by atoms with Crippen molar-refractivity contribution in [2.45, 2.75) is 25.8 Å². The Morgan fingerprint density at radius 3 is 2.44 bits per heavy atom. The number of amides is 1. The quantitative estimate of drug-likeness (QED) is 0.378. The first-order valence-corrected chi connectivity index (χ1v) is 10.8. The largest absolute Gasteiger partial charge is 0.497 e. The van der Waals surface area contributed by atoms with E-state index in [0.717, 1.165) is 35.2 Å². The van der Waals surface area contributed by atoms with Gasteiger partial charge in [-0.2, -0.15) is 0 Å². The average Bonchev–Trinajstić information content (AvgIpc) is 2.83. The molecule has 1 aromatic heterocycles. The van der Waals surface area contributed by atoms with E-state index in [1.807, 2.05) is 79.7 Å². The van der Waals surface area contributed by atoms with E-state index in [2.05, 4.69) is 27.8 Å². The molecule has 162 valence electrons. The van der Waals surface area contributed by atoms with Crippen molar-refractivity contribution in [2.75, 3.05) is 12.4 Å². The van der Waals surface area contributed by atoms with Crippen LogP contribution in [0.2, 0.25) is 0 Å². The minimum absolute atomic E-state index is 0.0487. The van der Waals surface area contributed by atoms with Crippen LogP contribution >= 0.6 is 0 Å². The molecule has 32 heavy (non-hydrogen) atoms. The van der Waals surface area contributed by atoms with Gasteiger partial charge >= 0.3 is 0 Å². The van der Waals surface area contributed by atoms with Crippen molar-refractivity contribution < 1.29 is 9.53 Å². The van der Waals surface area contributed by atoms with Crippen LogP contribution in [0.25, 0.3) is 10.9 Å². The monoisotopic (exact) mass is 425 g/mol. The van der Waals surface area contributed by atoms with Gasteiger partial charge in [-0.15, -0.1) is 0 Å². The third kappa shape index (κ3) is 5.24. The van der Waals surface area contributed by atoms with E-state index in [1.54, 1.807) is 7.11 Å². The van der Waals surface area contributed by atoms with Crippen LogP contribution in [-0.4, -0.2) is 24.0 Å². The first-order chi connectivity index (χ1) is 15.6. The molecule has 0 unspecified atom stereocenters. The van der Waals surface area contributed by atoms with Gasteiger partial charge in [-0.25, -0.2) is 4.98 Å². The molecule has 0 bridgehead atoms. The molecule has 5 heteroatoms. The second kappa shape index (κ2) is 9.96. The zero-order valence-corrected chi connectivity index (χ0v) is 18.3. The first kappa shape index (κ1) is 21.4. The zero-order chi connectivity index (χ0) is 22.3. The molecular formula is C27H27N3O2. The second-order valence-electron chi connectivity index (χ2n) is 7.82. The van der Waals surface area contributed by atoms with Crippen molar-refractivity contribution in [3.05, 3.63) is 96.1 Å². The van der Waals surface area contributed by atoms with Crippen LogP contribution in [0, 0.1) is 0 Å². The molecule has 2 N–H and O–H groups in total. The topological polar surface area (TPSA) is 63.2 Å². The lowest BCUT2D eigenvalue weighted by molar-refractivity contribution is 0.0940. The number of para-hydroxylation sites is 1. The lowest BCUT2D eigenvalue weighted by Crippen LogP contribution is -2.33. The van der Waals surface area contributed by atoms with Crippen LogP contribution in [0.15, 0.2) is 84.9 Å². The van der Waals surface area contributed by atoms with Gasteiger partial charge in [0, 0.05) is 17.1 Å². The number of benzene rings is 3. The summed E-state index contributed by atoms with van der Waals surface area (Å²) in [4.78, 5) is 17.9. The Morgan fingerprint density at radius 2 is 1.69 bits per heavy atom. The predicted molar refractivity (Wildman–Crippen MR) is 130 cm³/mol. The summed E-state index contributed by atoms with van der Waals surface area (Å²) in [7, 11) is 1.64. The minimum atomic E-state index is -0.0954. The number of hydrogen-bond acceptors (Lipinski definition) is 4. The van der Waals surface area contributed by atoms with Crippen molar-refractivity contribution in [1.29, 1.82) is 0 Å². The molecule has 0 saturated carbocycles. The SMILES string of the molecule is COc1ccc(Nc2cc(C(=O)N[C@H](C)CCc3ccccc3)c3ccccc3n2)cc1. The third-order valence-electron chi connectivity index (χ3n) is 5.41. The van der Waals surface area contributed by atoms with Crippen molar-refractivity contribution in [2.24, 2.45) is 0 Å². The predicted octanol–water partition coefficient (Wildman–Crippen LogP) is 5.74. The fourth-order valence-electron chi connectivity index (χ4n) is 3.65. The third-order valence-corrected chi connectivity index (χ3v) is 5.41. The van der Waals surface area contributed by atoms with E-state index in [1.165, 1.54) is 5.56 Å². The summed E-state index contributed by atoms with van der Waals surface area (Å²) in [5.41, 5.74) is 3.52. The fraction of sp³-hybridized carbons (Fsp3) is 0.185. The molecule has 3 aromatic carbocycles. The number of anilines is 2. The van der Waals surface area contributed by atoms with E-state index in [9.17, 15) is 4.79 Å². The number of hydrogen-bond donors (Lipinski definition) is 2. The normalized spacial score (nSPS) is 11.7. The van der Waals surface area contributed by atoms with Gasteiger partial charge in [-0.3, -0.25) is 4.79 Å². The highest BCUT2D eigenvalue weighted by Gasteiger charge is 2.15. The summed E-state index contributed by atoms with van der Waals surface area (Å²) in [6.45, 7) is 2.04. The van der Waals surface area contributed by atoms with Crippen LogP contribution in [0.3, 0.4) is 0 Å². The van der Waals surface area contributed by atoms with Gasteiger partial charge in [0.2, 0.25) is 0 Å². The Hall–Kier alpha value is -3.86. The summed E-state index contributed by atoms with van der Waals surface area (Å²) in [5, 5.41) is 7.28. The second-order valence-corrected chi connectivity index (χ2v) is 7.82. The molecule has 0 aliphatic rings. The summed E-state index contributed by atoms with van der Waals surface area (Å²) in [6, 6.07) is 27.5.